The molecule has 0 atom stereocenters. The Labute approximate surface area is 122 Å². The first-order valence-electron chi connectivity index (χ1n) is 6.37. The quantitative estimate of drug-likeness (QED) is 0.943. The van der Waals surface area contributed by atoms with Crippen LogP contribution in [0.1, 0.15) is 16.0 Å². The van der Waals surface area contributed by atoms with Crippen LogP contribution in [0.4, 0.5) is 0 Å². The highest BCUT2D eigenvalue weighted by atomic mass is 32.2. The molecule has 1 aromatic carbocycles. The van der Waals surface area contributed by atoms with Gasteiger partial charge in [-0.05, 0) is 35.1 Å². The van der Waals surface area contributed by atoms with Crippen LogP contribution in [-0.2, 0) is 29.6 Å². The molecule has 20 heavy (non-hydrogen) atoms. The van der Waals surface area contributed by atoms with Gasteiger partial charge in [0, 0.05) is 18.0 Å². The first-order valence-corrected chi connectivity index (χ1v) is 8.69. The van der Waals surface area contributed by atoms with Crippen molar-refractivity contribution in [1.29, 1.82) is 0 Å². The Kier molecular flexibility index (Phi) is 3.64. The van der Waals surface area contributed by atoms with Crippen LogP contribution in [-0.4, -0.2) is 24.4 Å². The van der Waals surface area contributed by atoms with E-state index in [1.54, 1.807) is 35.6 Å². The average Bonchev–Trinajstić information content (AvgIpc) is 2.94. The normalized spacial score (nSPS) is 16.1. The van der Waals surface area contributed by atoms with E-state index >= 15 is 0 Å². The van der Waals surface area contributed by atoms with E-state index in [-0.39, 0.29) is 11.5 Å². The van der Waals surface area contributed by atoms with Crippen LogP contribution in [0.2, 0.25) is 0 Å². The molecule has 2 heterocycles. The molecule has 3 rings (SSSR count). The smallest absolute Gasteiger partial charge is 0.243 e. The van der Waals surface area contributed by atoms with E-state index < -0.39 is 10.0 Å². The van der Waals surface area contributed by atoms with Crippen molar-refractivity contribution in [1.82, 2.24) is 4.31 Å². The maximum Gasteiger partial charge on any atom is 0.243 e. The molecule has 1 aliphatic rings. The highest BCUT2D eigenvalue weighted by Crippen LogP contribution is 2.29. The summed E-state index contributed by atoms with van der Waals surface area (Å²) in [4.78, 5) is 1.48. The van der Waals surface area contributed by atoms with Crippen LogP contribution >= 0.6 is 11.3 Å². The van der Waals surface area contributed by atoms with Gasteiger partial charge in [-0.2, -0.15) is 4.31 Å². The molecule has 0 bridgehead atoms. The first kappa shape index (κ1) is 13.8. The van der Waals surface area contributed by atoms with Gasteiger partial charge in [0.1, 0.15) is 0 Å². The molecule has 1 aliphatic heterocycles. The van der Waals surface area contributed by atoms with Gasteiger partial charge in [0.25, 0.3) is 0 Å². The summed E-state index contributed by atoms with van der Waals surface area (Å²) in [6, 6.07) is 8.61. The summed E-state index contributed by atoms with van der Waals surface area (Å²) in [5, 5.41) is 11.3. The Morgan fingerprint density at radius 1 is 1.25 bits per heavy atom. The fraction of sp³-hybridized carbons (Fsp3) is 0.286. The van der Waals surface area contributed by atoms with Gasteiger partial charge in [-0.25, -0.2) is 8.42 Å². The third-order valence-corrected chi connectivity index (χ3v) is 6.50. The molecule has 1 N–H and O–H groups in total. The zero-order valence-corrected chi connectivity index (χ0v) is 12.5. The number of rotatable bonds is 3. The second-order valence-electron chi connectivity index (χ2n) is 4.72. The number of thiophene rings is 1. The summed E-state index contributed by atoms with van der Waals surface area (Å²) < 4.78 is 26.9. The third-order valence-electron chi connectivity index (χ3n) is 3.53. The summed E-state index contributed by atoms with van der Waals surface area (Å²) >= 11 is 1.68. The van der Waals surface area contributed by atoms with Crippen molar-refractivity contribution in [3.63, 3.8) is 0 Å². The lowest BCUT2D eigenvalue weighted by Crippen LogP contribution is -2.35. The first-order chi connectivity index (χ1) is 9.63. The average molecular weight is 309 g/mol. The van der Waals surface area contributed by atoms with Crippen molar-refractivity contribution in [2.24, 2.45) is 0 Å². The summed E-state index contributed by atoms with van der Waals surface area (Å²) in [6.45, 7) is 0.642. The zero-order chi connectivity index (χ0) is 14.2. The Morgan fingerprint density at radius 3 is 2.85 bits per heavy atom. The number of fused-ring (bicyclic) bond motifs is 1. The maximum absolute atomic E-state index is 12.7. The van der Waals surface area contributed by atoms with Crippen molar-refractivity contribution in [2.45, 2.75) is 24.5 Å². The Balaban J connectivity index is 1.97. The van der Waals surface area contributed by atoms with E-state index in [0.29, 0.717) is 18.7 Å². The van der Waals surface area contributed by atoms with Crippen LogP contribution in [0.15, 0.2) is 40.6 Å². The number of benzene rings is 1. The summed E-state index contributed by atoms with van der Waals surface area (Å²) in [5.41, 5.74) is 1.54. The fourth-order valence-electron chi connectivity index (χ4n) is 2.45. The van der Waals surface area contributed by atoms with E-state index in [4.69, 9.17) is 0 Å². The van der Waals surface area contributed by atoms with Crippen LogP contribution in [0.3, 0.4) is 0 Å². The molecule has 0 saturated carbocycles. The molecule has 6 heteroatoms. The Bertz CT molecular complexity index is 722. The standard InChI is InChI=1S/C14H15NO3S2/c16-10-12-3-1-2-4-14(12)20(17,18)15-7-5-13-11(9-15)6-8-19-13/h1-4,6,8,16H,5,7,9-10H2. The van der Waals surface area contributed by atoms with Crippen LogP contribution in [0.5, 0.6) is 0 Å². The summed E-state index contributed by atoms with van der Waals surface area (Å²) in [7, 11) is -3.55. The Morgan fingerprint density at radius 2 is 2.05 bits per heavy atom. The van der Waals surface area contributed by atoms with E-state index in [2.05, 4.69) is 0 Å². The molecule has 106 valence electrons. The number of sulfonamides is 1. The predicted molar refractivity (Wildman–Crippen MR) is 78.0 cm³/mol. The highest BCUT2D eigenvalue weighted by Gasteiger charge is 2.30. The number of hydrogen-bond donors (Lipinski definition) is 1. The van der Waals surface area contributed by atoms with Crippen LogP contribution in [0, 0.1) is 0 Å². The lowest BCUT2D eigenvalue weighted by atomic mass is 10.1. The lowest BCUT2D eigenvalue weighted by molar-refractivity contribution is 0.278. The monoisotopic (exact) mass is 309 g/mol. The van der Waals surface area contributed by atoms with Gasteiger partial charge in [-0.15, -0.1) is 11.3 Å². The number of nitrogens with zero attached hydrogens (tertiary/aromatic N) is 1. The van der Waals surface area contributed by atoms with Crippen molar-refractivity contribution in [3.8, 4) is 0 Å². The SMILES string of the molecule is O=S(=O)(c1ccccc1CO)N1CCc2sccc2C1. The van der Waals surface area contributed by atoms with Crippen molar-refractivity contribution >= 4 is 21.4 Å². The highest BCUT2D eigenvalue weighted by molar-refractivity contribution is 7.89. The number of hydrogen-bond acceptors (Lipinski definition) is 4. The van der Waals surface area contributed by atoms with Crippen molar-refractivity contribution < 1.29 is 13.5 Å². The van der Waals surface area contributed by atoms with Crippen LogP contribution in [0.25, 0.3) is 0 Å². The van der Waals surface area contributed by atoms with Gasteiger partial charge in [-0.1, -0.05) is 18.2 Å². The van der Waals surface area contributed by atoms with E-state index in [1.807, 2.05) is 11.4 Å². The van der Waals surface area contributed by atoms with Crippen molar-refractivity contribution in [2.75, 3.05) is 6.54 Å². The number of aliphatic hydroxyl groups is 1. The largest absolute Gasteiger partial charge is 0.392 e. The van der Waals surface area contributed by atoms with Gasteiger partial charge in [0.15, 0.2) is 0 Å². The number of aliphatic hydroxyl groups excluding tert-OH is 1. The third kappa shape index (κ3) is 2.29. The zero-order valence-electron chi connectivity index (χ0n) is 10.8. The maximum atomic E-state index is 12.7. The molecule has 0 amide bonds. The van der Waals surface area contributed by atoms with E-state index in [0.717, 1.165) is 12.0 Å². The molecule has 0 unspecified atom stereocenters. The second-order valence-corrected chi connectivity index (χ2v) is 7.63. The fourth-order valence-corrected chi connectivity index (χ4v) is 4.98. The minimum absolute atomic E-state index is 0.209. The molecular weight excluding hydrogens is 294 g/mol. The van der Waals surface area contributed by atoms with Gasteiger partial charge >= 0.3 is 0 Å². The topological polar surface area (TPSA) is 57.6 Å². The van der Waals surface area contributed by atoms with Gasteiger partial charge < -0.3 is 5.11 Å². The molecular formula is C14H15NO3S2. The minimum Gasteiger partial charge on any atom is -0.392 e. The molecule has 0 saturated heterocycles. The molecule has 0 radical (unpaired) electrons. The second kappa shape index (κ2) is 5.29. The van der Waals surface area contributed by atoms with Gasteiger partial charge in [-0.3, -0.25) is 0 Å². The molecule has 0 fully saturated rings. The summed E-state index contributed by atoms with van der Waals surface area (Å²) in [6.07, 6.45) is 0.757. The molecule has 4 nitrogen and oxygen atoms in total. The van der Waals surface area contributed by atoms with Crippen molar-refractivity contribution in [3.05, 3.63) is 51.7 Å². The molecule has 0 aliphatic carbocycles. The van der Waals surface area contributed by atoms with E-state index in [1.165, 1.54) is 9.18 Å². The molecule has 0 spiro atoms. The predicted octanol–water partition coefficient (Wildman–Crippen LogP) is 1.99. The minimum atomic E-state index is -3.55. The van der Waals surface area contributed by atoms with Gasteiger partial charge in [0.2, 0.25) is 10.0 Å². The summed E-state index contributed by atoms with van der Waals surface area (Å²) in [5.74, 6) is 0. The lowest BCUT2D eigenvalue weighted by Gasteiger charge is -2.27. The Hall–Kier alpha value is -1.21. The molecule has 2 aromatic rings. The molecule has 1 aromatic heterocycles. The van der Waals surface area contributed by atoms with Crippen LogP contribution < -0.4 is 0 Å². The van der Waals surface area contributed by atoms with E-state index in [9.17, 15) is 13.5 Å². The van der Waals surface area contributed by atoms with Gasteiger partial charge in [0.05, 0.1) is 11.5 Å².